The Hall–Kier alpha value is -2.05. The summed E-state index contributed by atoms with van der Waals surface area (Å²) in [6, 6.07) is -2.00. The molecule has 0 bridgehead atoms. The Balaban J connectivity index is 2.65. The van der Waals surface area contributed by atoms with E-state index in [0.717, 1.165) is 0 Å². The second kappa shape index (κ2) is 5.94. The monoisotopic (exact) mass is 283 g/mol. The second-order valence-electron chi connectivity index (χ2n) is 5.79. The van der Waals surface area contributed by atoms with E-state index >= 15 is 0 Å². The minimum atomic E-state index is -1.08. The maximum Gasteiger partial charge on any atom is 0.326 e. The molecule has 112 valence electrons. The van der Waals surface area contributed by atoms with Gasteiger partial charge >= 0.3 is 12.0 Å². The molecular formula is C13H21N3O4. The lowest BCUT2D eigenvalue weighted by Crippen LogP contribution is -2.52. The number of carboxylic acids is 1. The van der Waals surface area contributed by atoms with Gasteiger partial charge in [0.05, 0.1) is 6.20 Å². The first-order chi connectivity index (χ1) is 9.11. The standard InChI is InChI=1S/C13H21N3O4/c1-7-6-14-10(20-7)8(2)15-12(19)16-9(11(17)18)13(3,4)5/h6,8-9H,1-5H3,(H,17,18)(H2,15,16,19)/t8?,9-/m1/s1. The lowest BCUT2D eigenvalue weighted by Gasteiger charge is -2.28. The number of amides is 2. The van der Waals surface area contributed by atoms with Crippen molar-refractivity contribution >= 4 is 12.0 Å². The van der Waals surface area contributed by atoms with E-state index in [1.807, 2.05) is 0 Å². The summed E-state index contributed by atoms with van der Waals surface area (Å²) in [6.07, 6.45) is 1.56. The van der Waals surface area contributed by atoms with Gasteiger partial charge in [-0.2, -0.15) is 0 Å². The summed E-state index contributed by atoms with van der Waals surface area (Å²) in [7, 11) is 0. The summed E-state index contributed by atoms with van der Waals surface area (Å²) in [5, 5.41) is 14.2. The predicted molar refractivity (Wildman–Crippen MR) is 72.2 cm³/mol. The zero-order chi connectivity index (χ0) is 15.5. The molecule has 1 heterocycles. The maximum atomic E-state index is 11.8. The summed E-state index contributed by atoms with van der Waals surface area (Å²) in [5.74, 6) is -0.0558. The molecule has 2 amide bonds. The molecule has 1 aromatic heterocycles. The molecule has 1 rings (SSSR count). The van der Waals surface area contributed by atoms with Crippen LogP contribution in [0, 0.1) is 12.3 Å². The van der Waals surface area contributed by atoms with Crippen molar-refractivity contribution in [2.45, 2.75) is 46.7 Å². The molecule has 20 heavy (non-hydrogen) atoms. The van der Waals surface area contributed by atoms with Gasteiger partial charge in [0.25, 0.3) is 0 Å². The van der Waals surface area contributed by atoms with Gasteiger partial charge in [-0.1, -0.05) is 20.8 Å². The highest BCUT2D eigenvalue weighted by Crippen LogP contribution is 2.19. The first-order valence-corrected chi connectivity index (χ1v) is 6.33. The number of carbonyl (C=O) groups excluding carboxylic acids is 1. The maximum absolute atomic E-state index is 11.8. The van der Waals surface area contributed by atoms with Gasteiger partial charge in [-0.15, -0.1) is 0 Å². The Morgan fingerprint density at radius 2 is 1.95 bits per heavy atom. The van der Waals surface area contributed by atoms with Gasteiger partial charge in [0, 0.05) is 0 Å². The number of aliphatic carboxylic acids is 1. The molecule has 0 aromatic carbocycles. The number of nitrogens with one attached hydrogen (secondary N) is 2. The Morgan fingerprint density at radius 3 is 2.35 bits per heavy atom. The fraction of sp³-hybridized carbons (Fsp3) is 0.615. The van der Waals surface area contributed by atoms with Crippen LogP contribution in [0.1, 0.15) is 45.4 Å². The van der Waals surface area contributed by atoms with Crippen LogP contribution < -0.4 is 10.6 Å². The average Bonchev–Trinajstić information content (AvgIpc) is 2.70. The predicted octanol–water partition coefficient (Wildman–Crippen LogP) is 1.84. The summed E-state index contributed by atoms with van der Waals surface area (Å²) < 4.78 is 5.30. The van der Waals surface area contributed by atoms with E-state index < -0.39 is 29.5 Å². The van der Waals surface area contributed by atoms with Crippen LogP contribution in [0.25, 0.3) is 0 Å². The van der Waals surface area contributed by atoms with Crippen molar-refractivity contribution in [1.29, 1.82) is 0 Å². The first kappa shape index (κ1) is 16.0. The van der Waals surface area contributed by atoms with E-state index in [9.17, 15) is 9.59 Å². The Kier molecular flexibility index (Phi) is 4.75. The number of aryl methyl sites for hydroxylation is 1. The summed E-state index contributed by atoms with van der Waals surface area (Å²) >= 11 is 0. The van der Waals surface area contributed by atoms with Gasteiger partial charge in [0.2, 0.25) is 5.89 Å². The van der Waals surface area contributed by atoms with Crippen LogP contribution in [-0.4, -0.2) is 28.1 Å². The van der Waals surface area contributed by atoms with E-state index in [1.54, 1.807) is 40.8 Å². The van der Waals surface area contributed by atoms with Crippen LogP contribution in [0.4, 0.5) is 4.79 Å². The number of hydrogen-bond donors (Lipinski definition) is 3. The third-order valence-corrected chi connectivity index (χ3v) is 2.75. The molecular weight excluding hydrogens is 262 g/mol. The van der Waals surface area contributed by atoms with Crippen molar-refractivity contribution in [3.63, 3.8) is 0 Å². The minimum Gasteiger partial charge on any atom is -0.480 e. The molecule has 2 atom stereocenters. The van der Waals surface area contributed by atoms with Crippen LogP contribution >= 0.6 is 0 Å². The molecule has 0 saturated carbocycles. The van der Waals surface area contributed by atoms with Crippen molar-refractivity contribution in [2.75, 3.05) is 0 Å². The summed E-state index contributed by atoms with van der Waals surface area (Å²) in [4.78, 5) is 27.0. The molecule has 1 unspecified atom stereocenters. The fourth-order valence-electron chi connectivity index (χ4n) is 1.65. The second-order valence-corrected chi connectivity index (χ2v) is 5.79. The fourth-order valence-corrected chi connectivity index (χ4v) is 1.65. The SMILES string of the molecule is Cc1cnc(C(C)NC(=O)N[C@H](C(=O)O)C(C)(C)C)o1. The largest absolute Gasteiger partial charge is 0.480 e. The normalized spacial score (nSPS) is 14.4. The molecule has 0 aliphatic rings. The number of carboxylic acid groups (broad SMARTS) is 1. The highest BCUT2D eigenvalue weighted by Gasteiger charge is 2.33. The molecule has 3 N–H and O–H groups in total. The van der Waals surface area contributed by atoms with Crippen LogP contribution in [0.15, 0.2) is 10.6 Å². The van der Waals surface area contributed by atoms with Crippen molar-refractivity contribution in [2.24, 2.45) is 5.41 Å². The lowest BCUT2D eigenvalue weighted by atomic mass is 9.87. The van der Waals surface area contributed by atoms with Crippen molar-refractivity contribution in [3.8, 4) is 0 Å². The number of oxazole rings is 1. The number of hydrogen-bond acceptors (Lipinski definition) is 4. The van der Waals surface area contributed by atoms with Crippen molar-refractivity contribution < 1.29 is 19.1 Å². The van der Waals surface area contributed by atoms with Crippen LogP contribution in [0.2, 0.25) is 0 Å². The van der Waals surface area contributed by atoms with Gasteiger partial charge in [-0.05, 0) is 19.3 Å². The highest BCUT2D eigenvalue weighted by molar-refractivity contribution is 5.83. The third-order valence-electron chi connectivity index (χ3n) is 2.75. The molecule has 7 nitrogen and oxygen atoms in total. The Morgan fingerprint density at radius 1 is 1.35 bits per heavy atom. The lowest BCUT2D eigenvalue weighted by molar-refractivity contribution is -0.141. The molecule has 0 saturated heterocycles. The van der Waals surface area contributed by atoms with Crippen LogP contribution in [0.5, 0.6) is 0 Å². The smallest absolute Gasteiger partial charge is 0.326 e. The molecule has 0 spiro atoms. The quantitative estimate of drug-likeness (QED) is 0.782. The Labute approximate surface area is 117 Å². The van der Waals surface area contributed by atoms with E-state index in [0.29, 0.717) is 11.7 Å². The zero-order valence-electron chi connectivity index (χ0n) is 12.4. The van der Waals surface area contributed by atoms with Gasteiger partial charge in [0.15, 0.2) is 0 Å². The molecule has 0 aliphatic carbocycles. The van der Waals surface area contributed by atoms with E-state index in [4.69, 9.17) is 9.52 Å². The minimum absolute atomic E-state index is 0.375. The van der Waals surface area contributed by atoms with E-state index in [1.165, 1.54) is 0 Å². The highest BCUT2D eigenvalue weighted by atomic mass is 16.4. The number of rotatable bonds is 4. The van der Waals surface area contributed by atoms with Crippen molar-refractivity contribution in [3.05, 3.63) is 17.8 Å². The van der Waals surface area contributed by atoms with Crippen LogP contribution in [-0.2, 0) is 4.79 Å². The number of nitrogens with zero attached hydrogens (tertiary/aromatic N) is 1. The average molecular weight is 283 g/mol. The van der Waals surface area contributed by atoms with Gasteiger partial charge in [-0.25, -0.2) is 14.6 Å². The van der Waals surface area contributed by atoms with Gasteiger partial charge < -0.3 is 20.2 Å². The zero-order valence-corrected chi connectivity index (χ0v) is 12.4. The molecule has 0 fully saturated rings. The number of aromatic nitrogens is 1. The summed E-state index contributed by atoms with van der Waals surface area (Å²) in [6.45, 7) is 8.69. The van der Waals surface area contributed by atoms with E-state index in [-0.39, 0.29) is 0 Å². The summed E-state index contributed by atoms with van der Waals surface area (Å²) in [5.41, 5.74) is -0.591. The third kappa shape index (κ3) is 4.25. The first-order valence-electron chi connectivity index (χ1n) is 6.33. The van der Waals surface area contributed by atoms with Gasteiger partial charge in [-0.3, -0.25) is 0 Å². The van der Waals surface area contributed by atoms with Gasteiger partial charge in [0.1, 0.15) is 17.8 Å². The number of urea groups is 1. The molecule has 7 heteroatoms. The molecule has 0 radical (unpaired) electrons. The topological polar surface area (TPSA) is 104 Å². The molecule has 0 aliphatic heterocycles. The van der Waals surface area contributed by atoms with Crippen LogP contribution in [0.3, 0.4) is 0 Å². The molecule has 1 aromatic rings. The van der Waals surface area contributed by atoms with E-state index in [2.05, 4.69) is 15.6 Å². The Bertz CT molecular complexity index is 490. The van der Waals surface area contributed by atoms with Crippen molar-refractivity contribution in [1.82, 2.24) is 15.6 Å². The number of carbonyl (C=O) groups is 2.